The van der Waals surface area contributed by atoms with Gasteiger partial charge in [-0.1, -0.05) is 37.1 Å². The second kappa shape index (κ2) is 4.94. The Kier molecular flexibility index (Phi) is 3.87. The van der Waals surface area contributed by atoms with Gasteiger partial charge in [0.2, 0.25) is 0 Å². The molecule has 1 heteroatoms. The van der Waals surface area contributed by atoms with Gasteiger partial charge in [0.25, 0.3) is 0 Å². The maximum absolute atomic E-state index is 7.68. The Labute approximate surface area is 86.7 Å². The number of unbranched alkanes of at least 4 members (excludes halogenated alkanes) is 1. The molecule has 0 bridgehead atoms. The zero-order valence-electron chi connectivity index (χ0n) is 9.35. The summed E-state index contributed by atoms with van der Waals surface area (Å²) >= 11 is 0. The molecule has 1 nitrogen and oxygen atoms in total. The van der Waals surface area contributed by atoms with Crippen LogP contribution in [0.3, 0.4) is 0 Å². The number of nitrogens with one attached hydrogen (secondary N) is 1. The zero-order valence-corrected chi connectivity index (χ0v) is 9.35. The van der Waals surface area contributed by atoms with E-state index in [4.69, 9.17) is 5.41 Å². The number of hydrogen-bond acceptors (Lipinski definition) is 1. The first-order chi connectivity index (χ1) is 6.65. The van der Waals surface area contributed by atoms with Gasteiger partial charge in [0.1, 0.15) is 0 Å². The van der Waals surface area contributed by atoms with Crippen molar-refractivity contribution in [2.45, 2.75) is 40.0 Å². The van der Waals surface area contributed by atoms with E-state index in [0.717, 1.165) is 12.0 Å². The van der Waals surface area contributed by atoms with Crippen LogP contribution in [0.4, 0.5) is 0 Å². The highest BCUT2D eigenvalue weighted by molar-refractivity contribution is 5.97. The van der Waals surface area contributed by atoms with Crippen LogP contribution in [0, 0.1) is 12.3 Å². The van der Waals surface area contributed by atoms with E-state index in [-0.39, 0.29) is 0 Å². The minimum atomic E-state index is 0.677. The quantitative estimate of drug-likeness (QED) is 0.698. The molecule has 0 spiro atoms. The first-order valence-electron chi connectivity index (χ1n) is 5.30. The first-order valence-corrected chi connectivity index (χ1v) is 5.30. The number of hydrogen-bond donors (Lipinski definition) is 1. The van der Waals surface area contributed by atoms with Crippen molar-refractivity contribution in [2.75, 3.05) is 0 Å². The molecule has 0 unspecified atom stereocenters. The number of rotatable bonds is 4. The Morgan fingerprint density at radius 1 is 1.36 bits per heavy atom. The molecule has 1 N–H and O–H groups in total. The molecule has 0 atom stereocenters. The maximum atomic E-state index is 7.68. The van der Waals surface area contributed by atoms with Gasteiger partial charge < -0.3 is 5.41 Å². The summed E-state index contributed by atoms with van der Waals surface area (Å²) in [4.78, 5) is 0. The Balaban J connectivity index is 2.97. The molecule has 1 aromatic carbocycles. The Morgan fingerprint density at radius 3 is 2.64 bits per heavy atom. The van der Waals surface area contributed by atoms with Crippen molar-refractivity contribution >= 4 is 5.71 Å². The normalized spacial score (nSPS) is 10.2. The summed E-state index contributed by atoms with van der Waals surface area (Å²) in [6.45, 7) is 6.17. The van der Waals surface area contributed by atoms with E-state index in [1.165, 1.54) is 24.0 Å². The lowest BCUT2D eigenvalue weighted by Crippen LogP contribution is -2.00. The summed E-state index contributed by atoms with van der Waals surface area (Å²) in [5, 5.41) is 7.68. The lowest BCUT2D eigenvalue weighted by Gasteiger charge is -2.08. The first kappa shape index (κ1) is 11.0. The fraction of sp³-hybridized carbons (Fsp3) is 0.462. The van der Waals surface area contributed by atoms with Crippen molar-refractivity contribution in [3.63, 3.8) is 0 Å². The van der Waals surface area contributed by atoms with Crippen molar-refractivity contribution in [1.82, 2.24) is 0 Å². The summed E-state index contributed by atoms with van der Waals surface area (Å²) in [7, 11) is 0. The molecule has 1 aromatic rings. The predicted molar refractivity (Wildman–Crippen MR) is 62.3 cm³/mol. The highest BCUT2D eigenvalue weighted by atomic mass is 14.4. The highest BCUT2D eigenvalue weighted by Gasteiger charge is 2.03. The van der Waals surface area contributed by atoms with Crippen LogP contribution >= 0.6 is 0 Å². The van der Waals surface area contributed by atoms with Crippen LogP contribution in [0.2, 0.25) is 0 Å². The minimum Gasteiger partial charge on any atom is -0.305 e. The molecule has 0 saturated carbocycles. The summed E-state index contributed by atoms with van der Waals surface area (Å²) in [5.41, 5.74) is 4.42. The van der Waals surface area contributed by atoms with Crippen molar-refractivity contribution in [2.24, 2.45) is 0 Å². The van der Waals surface area contributed by atoms with Crippen LogP contribution in [0.25, 0.3) is 0 Å². The molecular weight excluding hydrogens is 170 g/mol. The summed E-state index contributed by atoms with van der Waals surface area (Å²) in [6, 6.07) is 6.37. The molecule has 1 rings (SSSR count). The smallest absolute Gasteiger partial charge is 0.0357 e. The minimum absolute atomic E-state index is 0.677. The Morgan fingerprint density at radius 2 is 2.07 bits per heavy atom. The zero-order chi connectivity index (χ0) is 10.6. The van der Waals surface area contributed by atoms with E-state index in [1.54, 1.807) is 0 Å². The van der Waals surface area contributed by atoms with Crippen molar-refractivity contribution in [1.29, 1.82) is 5.41 Å². The average Bonchev–Trinajstić information content (AvgIpc) is 2.14. The highest BCUT2D eigenvalue weighted by Crippen LogP contribution is 2.15. The molecule has 0 fully saturated rings. The molecule has 0 radical (unpaired) electrons. The molecule has 0 heterocycles. The summed E-state index contributed by atoms with van der Waals surface area (Å²) < 4.78 is 0. The van der Waals surface area contributed by atoms with Gasteiger partial charge in [-0.3, -0.25) is 0 Å². The second-order valence-electron chi connectivity index (χ2n) is 3.89. The molecule has 0 aliphatic heterocycles. The fourth-order valence-electron chi connectivity index (χ4n) is 1.66. The second-order valence-corrected chi connectivity index (χ2v) is 3.89. The van der Waals surface area contributed by atoms with Gasteiger partial charge in [-0.25, -0.2) is 0 Å². The van der Waals surface area contributed by atoms with Crippen molar-refractivity contribution in [3.8, 4) is 0 Å². The van der Waals surface area contributed by atoms with E-state index >= 15 is 0 Å². The monoisotopic (exact) mass is 189 g/mol. The SMILES string of the molecule is CCCCc1cc(C)ccc1C(C)=N. The van der Waals surface area contributed by atoms with Gasteiger partial charge in [0, 0.05) is 5.71 Å². The van der Waals surface area contributed by atoms with E-state index in [1.807, 2.05) is 6.92 Å². The third-order valence-corrected chi connectivity index (χ3v) is 2.46. The predicted octanol–water partition coefficient (Wildman–Crippen LogP) is 3.73. The van der Waals surface area contributed by atoms with Gasteiger partial charge >= 0.3 is 0 Å². The molecule has 0 amide bonds. The van der Waals surface area contributed by atoms with E-state index in [0.29, 0.717) is 5.71 Å². The Hall–Kier alpha value is -1.11. The van der Waals surface area contributed by atoms with Crippen molar-refractivity contribution < 1.29 is 0 Å². The molecule has 0 aliphatic carbocycles. The van der Waals surface area contributed by atoms with Crippen LogP contribution < -0.4 is 0 Å². The Bertz CT molecular complexity index is 326. The van der Waals surface area contributed by atoms with Crippen LogP contribution in [-0.2, 0) is 6.42 Å². The van der Waals surface area contributed by atoms with E-state index < -0.39 is 0 Å². The summed E-state index contributed by atoms with van der Waals surface area (Å²) in [5.74, 6) is 0. The van der Waals surface area contributed by atoms with Crippen molar-refractivity contribution in [3.05, 3.63) is 34.9 Å². The molecular formula is C13H19N. The lowest BCUT2D eigenvalue weighted by molar-refractivity contribution is 0.793. The van der Waals surface area contributed by atoms with Gasteiger partial charge in [-0.05, 0) is 37.8 Å². The topological polar surface area (TPSA) is 23.9 Å². The average molecular weight is 189 g/mol. The summed E-state index contributed by atoms with van der Waals surface area (Å²) in [6.07, 6.45) is 3.53. The molecule has 0 aliphatic rings. The van der Waals surface area contributed by atoms with Crippen LogP contribution in [0.5, 0.6) is 0 Å². The molecule has 0 saturated heterocycles. The third-order valence-electron chi connectivity index (χ3n) is 2.46. The molecule has 14 heavy (non-hydrogen) atoms. The molecule has 76 valence electrons. The van der Waals surface area contributed by atoms with Gasteiger partial charge in [0.05, 0.1) is 0 Å². The molecule has 0 aromatic heterocycles. The van der Waals surface area contributed by atoms with Gasteiger partial charge in [-0.2, -0.15) is 0 Å². The standard InChI is InChI=1S/C13H19N/c1-4-5-6-12-9-10(2)7-8-13(12)11(3)14/h7-9,14H,4-6H2,1-3H3. The van der Waals surface area contributed by atoms with Gasteiger partial charge in [-0.15, -0.1) is 0 Å². The van der Waals surface area contributed by atoms with E-state index in [2.05, 4.69) is 32.0 Å². The van der Waals surface area contributed by atoms with Crippen LogP contribution in [0.1, 0.15) is 43.4 Å². The van der Waals surface area contributed by atoms with E-state index in [9.17, 15) is 0 Å². The largest absolute Gasteiger partial charge is 0.305 e. The fourth-order valence-corrected chi connectivity index (χ4v) is 1.66. The van der Waals surface area contributed by atoms with Crippen LogP contribution in [-0.4, -0.2) is 5.71 Å². The van der Waals surface area contributed by atoms with Gasteiger partial charge in [0.15, 0.2) is 0 Å². The van der Waals surface area contributed by atoms with Crippen LogP contribution in [0.15, 0.2) is 18.2 Å². The number of benzene rings is 1. The number of aryl methyl sites for hydroxylation is 2. The third kappa shape index (κ3) is 2.69. The lowest BCUT2D eigenvalue weighted by atomic mass is 9.97. The maximum Gasteiger partial charge on any atom is 0.0357 e.